The highest BCUT2D eigenvalue weighted by Gasteiger charge is 2.32. The highest BCUT2D eigenvalue weighted by Crippen LogP contribution is 2.26. The molecule has 0 aliphatic heterocycles. The fourth-order valence-corrected chi connectivity index (χ4v) is 3.43. The van der Waals surface area contributed by atoms with Crippen LogP contribution in [0.15, 0.2) is 4.52 Å². The van der Waals surface area contributed by atoms with E-state index in [1.165, 1.54) is 12.8 Å². The van der Waals surface area contributed by atoms with Gasteiger partial charge in [0.05, 0.1) is 0 Å². The number of nitrogens with one attached hydrogen (secondary N) is 2. The predicted octanol–water partition coefficient (Wildman–Crippen LogP) is 2.37. The van der Waals surface area contributed by atoms with Gasteiger partial charge in [0, 0.05) is 29.5 Å². The summed E-state index contributed by atoms with van der Waals surface area (Å²) in [5, 5.41) is 10.2. The van der Waals surface area contributed by atoms with Gasteiger partial charge < -0.3 is 15.2 Å². The summed E-state index contributed by atoms with van der Waals surface area (Å²) in [5.74, 6) is 0.673. The third-order valence-corrected chi connectivity index (χ3v) is 4.96. The number of nitrogens with zero attached hydrogens (tertiary/aromatic N) is 1. The summed E-state index contributed by atoms with van der Waals surface area (Å²) in [6.07, 6.45) is 6.54. The summed E-state index contributed by atoms with van der Waals surface area (Å²) < 4.78 is 5.37. The van der Waals surface area contributed by atoms with Gasteiger partial charge in [-0.3, -0.25) is 9.59 Å². The van der Waals surface area contributed by atoms with Gasteiger partial charge in [-0.1, -0.05) is 38.8 Å². The van der Waals surface area contributed by atoms with Crippen molar-refractivity contribution in [1.82, 2.24) is 15.8 Å². The van der Waals surface area contributed by atoms with E-state index in [1.807, 2.05) is 20.8 Å². The molecule has 2 N–H and O–H groups in total. The first-order valence-corrected chi connectivity index (χ1v) is 8.94. The maximum atomic E-state index is 12.5. The molecule has 1 unspecified atom stereocenters. The molecule has 0 spiro atoms. The molecular formula is C18H27N3O3. The van der Waals surface area contributed by atoms with E-state index in [-0.39, 0.29) is 23.9 Å². The molecule has 3 rings (SSSR count). The Kier molecular flexibility index (Phi) is 4.65. The van der Waals surface area contributed by atoms with E-state index in [9.17, 15) is 9.59 Å². The Morgan fingerprint density at radius 2 is 1.79 bits per heavy atom. The number of carbonyl (C=O) groups excluding carboxylic acids is 2. The van der Waals surface area contributed by atoms with Gasteiger partial charge in [0.1, 0.15) is 5.76 Å². The maximum absolute atomic E-state index is 12.5. The highest BCUT2D eigenvalue weighted by atomic mass is 16.5. The Hall–Kier alpha value is -1.85. The molecule has 6 nitrogen and oxygen atoms in total. The molecule has 0 aromatic carbocycles. The molecular weight excluding hydrogens is 306 g/mol. The first-order valence-electron chi connectivity index (χ1n) is 8.94. The monoisotopic (exact) mass is 333 g/mol. The fourth-order valence-electron chi connectivity index (χ4n) is 3.43. The number of rotatable bonds is 3. The molecule has 6 heteroatoms. The number of fused-ring (bicyclic) bond motifs is 1. The fraction of sp³-hybridized carbons (Fsp3) is 0.722. The number of aromatic nitrogens is 1. The Labute approximate surface area is 142 Å². The van der Waals surface area contributed by atoms with Crippen molar-refractivity contribution in [3.8, 4) is 0 Å². The molecule has 132 valence electrons. The number of hydrogen-bond donors (Lipinski definition) is 2. The second-order valence-electron chi connectivity index (χ2n) is 8.05. The average Bonchev–Trinajstić information content (AvgIpc) is 3.14. The number of amides is 2. The van der Waals surface area contributed by atoms with Crippen LogP contribution in [-0.2, 0) is 17.6 Å². The molecule has 0 saturated heterocycles. The number of aryl methyl sites for hydroxylation is 1. The summed E-state index contributed by atoms with van der Waals surface area (Å²) >= 11 is 0. The van der Waals surface area contributed by atoms with Crippen molar-refractivity contribution in [3.63, 3.8) is 0 Å². The Bertz CT molecular complexity index is 624. The van der Waals surface area contributed by atoms with Crippen LogP contribution in [0.5, 0.6) is 0 Å². The van der Waals surface area contributed by atoms with Crippen LogP contribution < -0.4 is 10.6 Å². The molecule has 1 atom stereocenters. The van der Waals surface area contributed by atoms with Crippen LogP contribution in [-0.4, -0.2) is 29.1 Å². The zero-order valence-electron chi connectivity index (χ0n) is 14.8. The van der Waals surface area contributed by atoms with Crippen molar-refractivity contribution in [2.24, 2.45) is 5.41 Å². The van der Waals surface area contributed by atoms with E-state index in [2.05, 4.69) is 15.8 Å². The topological polar surface area (TPSA) is 84.2 Å². The molecule has 1 saturated carbocycles. The molecule has 2 amide bonds. The van der Waals surface area contributed by atoms with Gasteiger partial charge in [0.25, 0.3) is 5.91 Å². The van der Waals surface area contributed by atoms with Crippen LogP contribution in [0.2, 0.25) is 0 Å². The summed E-state index contributed by atoms with van der Waals surface area (Å²) in [4.78, 5) is 24.7. The normalized spacial score (nSPS) is 21.4. The first-order chi connectivity index (χ1) is 11.3. The molecule has 0 bridgehead atoms. The van der Waals surface area contributed by atoms with Crippen molar-refractivity contribution >= 4 is 11.8 Å². The number of carbonyl (C=O) groups is 2. The third-order valence-electron chi connectivity index (χ3n) is 4.96. The minimum Gasteiger partial charge on any atom is -0.360 e. The van der Waals surface area contributed by atoms with E-state index < -0.39 is 5.41 Å². The van der Waals surface area contributed by atoms with Crippen LogP contribution in [0.25, 0.3) is 0 Å². The molecule has 0 radical (unpaired) electrons. The van der Waals surface area contributed by atoms with Crippen molar-refractivity contribution in [2.45, 2.75) is 77.8 Å². The quantitative estimate of drug-likeness (QED) is 0.889. The largest absolute Gasteiger partial charge is 0.360 e. The van der Waals surface area contributed by atoms with Gasteiger partial charge in [-0.05, 0) is 25.7 Å². The van der Waals surface area contributed by atoms with Crippen LogP contribution in [0.3, 0.4) is 0 Å². The Morgan fingerprint density at radius 1 is 1.08 bits per heavy atom. The number of hydrogen-bond acceptors (Lipinski definition) is 4. The minimum atomic E-state index is -0.419. The van der Waals surface area contributed by atoms with Crippen molar-refractivity contribution in [1.29, 1.82) is 0 Å². The zero-order valence-corrected chi connectivity index (χ0v) is 14.8. The van der Waals surface area contributed by atoms with Crippen LogP contribution in [0.1, 0.15) is 74.7 Å². The maximum Gasteiger partial charge on any atom is 0.273 e. The summed E-state index contributed by atoms with van der Waals surface area (Å²) in [6.45, 7) is 5.70. The SMILES string of the molecule is CC(C)(C)C(=O)NC1CCc2onc(C(=O)NC3CCCC3)c2C1. The van der Waals surface area contributed by atoms with Gasteiger partial charge in [0.15, 0.2) is 5.69 Å². The Balaban J connectivity index is 1.68. The molecule has 2 aliphatic carbocycles. The van der Waals surface area contributed by atoms with Crippen LogP contribution in [0.4, 0.5) is 0 Å². The van der Waals surface area contributed by atoms with Gasteiger partial charge in [-0.15, -0.1) is 0 Å². The summed E-state index contributed by atoms with van der Waals surface area (Å²) in [7, 11) is 0. The van der Waals surface area contributed by atoms with E-state index in [1.54, 1.807) is 0 Å². The molecule has 1 aromatic rings. The van der Waals surface area contributed by atoms with E-state index in [0.29, 0.717) is 18.5 Å². The first kappa shape index (κ1) is 17.0. The summed E-state index contributed by atoms with van der Waals surface area (Å²) in [6, 6.07) is 0.284. The average molecular weight is 333 g/mol. The summed E-state index contributed by atoms with van der Waals surface area (Å²) in [5.41, 5.74) is 0.833. The predicted molar refractivity (Wildman–Crippen MR) is 89.6 cm³/mol. The molecule has 2 aliphatic rings. The zero-order chi connectivity index (χ0) is 17.3. The van der Waals surface area contributed by atoms with Crippen molar-refractivity contribution in [2.75, 3.05) is 0 Å². The molecule has 1 heterocycles. The minimum absolute atomic E-state index is 0.0293. The van der Waals surface area contributed by atoms with Crippen LogP contribution in [0, 0.1) is 5.41 Å². The van der Waals surface area contributed by atoms with Crippen molar-refractivity contribution in [3.05, 3.63) is 17.0 Å². The molecule has 1 fully saturated rings. The van der Waals surface area contributed by atoms with Gasteiger partial charge in [-0.25, -0.2) is 0 Å². The van der Waals surface area contributed by atoms with Gasteiger partial charge in [-0.2, -0.15) is 0 Å². The van der Waals surface area contributed by atoms with Gasteiger partial charge >= 0.3 is 0 Å². The van der Waals surface area contributed by atoms with E-state index in [4.69, 9.17) is 4.52 Å². The van der Waals surface area contributed by atoms with Crippen molar-refractivity contribution < 1.29 is 14.1 Å². The standard InChI is InChI=1S/C18H27N3O3/c1-18(2,3)17(23)20-12-8-9-14-13(10-12)15(21-24-14)16(22)19-11-6-4-5-7-11/h11-12H,4-10H2,1-3H3,(H,19,22)(H,20,23). The lowest BCUT2D eigenvalue weighted by Gasteiger charge is -2.26. The smallest absolute Gasteiger partial charge is 0.273 e. The molecule has 1 aromatic heterocycles. The molecule has 24 heavy (non-hydrogen) atoms. The van der Waals surface area contributed by atoms with E-state index >= 15 is 0 Å². The lowest BCUT2D eigenvalue weighted by molar-refractivity contribution is -0.129. The highest BCUT2D eigenvalue weighted by molar-refractivity contribution is 5.94. The van der Waals surface area contributed by atoms with Crippen LogP contribution >= 0.6 is 0 Å². The Morgan fingerprint density at radius 3 is 2.46 bits per heavy atom. The van der Waals surface area contributed by atoms with E-state index in [0.717, 1.165) is 30.6 Å². The van der Waals surface area contributed by atoms with Gasteiger partial charge in [0.2, 0.25) is 5.91 Å². The third kappa shape index (κ3) is 3.62. The second-order valence-corrected chi connectivity index (χ2v) is 8.05. The lowest BCUT2D eigenvalue weighted by atomic mass is 9.89. The second kappa shape index (κ2) is 6.57. The lowest BCUT2D eigenvalue weighted by Crippen LogP contribution is -2.44.